The molecule has 0 aliphatic rings. The van der Waals surface area contributed by atoms with E-state index in [1.807, 2.05) is 24.4 Å². The molecule has 0 spiro atoms. The van der Waals surface area contributed by atoms with Crippen molar-refractivity contribution >= 4 is 6.29 Å². The number of aromatic nitrogens is 1. The summed E-state index contributed by atoms with van der Waals surface area (Å²) in [6, 6.07) is 9.62. The van der Waals surface area contributed by atoms with Gasteiger partial charge in [-0.25, -0.2) is 0 Å². The van der Waals surface area contributed by atoms with Gasteiger partial charge >= 0.3 is 0 Å². The van der Waals surface area contributed by atoms with Crippen molar-refractivity contribution in [2.45, 2.75) is 19.8 Å². The summed E-state index contributed by atoms with van der Waals surface area (Å²) in [5.41, 5.74) is 3.80. The van der Waals surface area contributed by atoms with Gasteiger partial charge in [-0.2, -0.15) is 0 Å². The Balaban J connectivity index is 2.24. The average Bonchev–Trinajstić information content (AvgIpc) is 2.48. The fourth-order valence-corrected chi connectivity index (χ4v) is 1.93. The first-order valence-corrected chi connectivity index (χ1v) is 6.32. The number of hydrogen-bond acceptors (Lipinski definition) is 3. The Morgan fingerprint density at radius 2 is 2.11 bits per heavy atom. The van der Waals surface area contributed by atoms with E-state index in [1.54, 1.807) is 13.2 Å². The van der Waals surface area contributed by atoms with Gasteiger partial charge in [0.2, 0.25) is 0 Å². The van der Waals surface area contributed by atoms with Gasteiger partial charge in [0.25, 0.3) is 0 Å². The highest BCUT2D eigenvalue weighted by molar-refractivity contribution is 5.78. The third-order valence-electron chi connectivity index (χ3n) is 3.15. The highest BCUT2D eigenvalue weighted by Crippen LogP contribution is 2.18. The van der Waals surface area contributed by atoms with Crippen molar-refractivity contribution in [3.05, 3.63) is 58.9 Å². The minimum absolute atomic E-state index is 0.653. The maximum Gasteiger partial charge on any atom is 0.150 e. The van der Waals surface area contributed by atoms with Gasteiger partial charge in [0.15, 0.2) is 0 Å². The molecule has 2 aromatic rings. The first kappa shape index (κ1) is 13.3. The largest absolute Gasteiger partial charge is 0.497 e. The Kier molecular flexibility index (Phi) is 4.29. The topological polar surface area (TPSA) is 39.2 Å². The van der Waals surface area contributed by atoms with Crippen LogP contribution in [0.25, 0.3) is 0 Å². The number of aryl methyl sites for hydroxylation is 1. The number of methoxy groups -OCH3 is 1. The number of nitrogens with zero attached hydrogens (tertiary/aromatic N) is 1. The molecule has 19 heavy (non-hydrogen) atoms. The van der Waals surface area contributed by atoms with Gasteiger partial charge in [0.1, 0.15) is 12.0 Å². The molecule has 1 heterocycles. The summed E-state index contributed by atoms with van der Waals surface area (Å²) < 4.78 is 5.12. The Morgan fingerprint density at radius 1 is 1.26 bits per heavy atom. The molecule has 0 saturated heterocycles. The first-order valence-electron chi connectivity index (χ1n) is 6.32. The molecule has 3 heteroatoms. The van der Waals surface area contributed by atoms with Crippen molar-refractivity contribution in [3.8, 4) is 5.75 Å². The summed E-state index contributed by atoms with van der Waals surface area (Å²) in [4.78, 5) is 15.5. The molecular weight excluding hydrogens is 238 g/mol. The van der Waals surface area contributed by atoms with Crippen LogP contribution in [0.5, 0.6) is 5.75 Å². The molecule has 1 aromatic carbocycles. The number of carbonyl (C=O) groups excluding carboxylic acids is 1. The van der Waals surface area contributed by atoms with Crippen LogP contribution in [0.1, 0.15) is 34.1 Å². The molecule has 1 aromatic heterocycles. The molecular formula is C16H17NO2. The van der Waals surface area contributed by atoms with Crippen LogP contribution in [0.3, 0.4) is 0 Å². The summed E-state index contributed by atoms with van der Waals surface area (Å²) in [6.07, 6.45) is 4.38. The molecule has 0 fully saturated rings. The number of hydrogen-bond donors (Lipinski definition) is 0. The number of ether oxygens (including phenoxy) is 1. The number of rotatable bonds is 5. The maximum absolute atomic E-state index is 11.1. The highest BCUT2D eigenvalue weighted by atomic mass is 16.5. The smallest absolute Gasteiger partial charge is 0.150 e. The normalized spacial score (nSPS) is 10.2. The van der Waals surface area contributed by atoms with E-state index in [0.717, 1.165) is 24.0 Å². The molecule has 0 aliphatic carbocycles. The molecule has 0 atom stereocenters. The van der Waals surface area contributed by atoms with Crippen LogP contribution in [0.2, 0.25) is 0 Å². The lowest BCUT2D eigenvalue weighted by molar-refractivity contribution is 0.112. The lowest BCUT2D eigenvalue weighted by Crippen LogP contribution is -1.98. The molecule has 0 bridgehead atoms. The molecule has 2 rings (SSSR count). The molecule has 0 saturated carbocycles. The second-order valence-corrected chi connectivity index (χ2v) is 4.37. The Morgan fingerprint density at radius 3 is 2.68 bits per heavy atom. The monoisotopic (exact) mass is 255 g/mol. The zero-order chi connectivity index (χ0) is 13.7. The van der Waals surface area contributed by atoms with E-state index >= 15 is 0 Å². The van der Waals surface area contributed by atoms with Crippen LogP contribution in [0.4, 0.5) is 0 Å². The van der Waals surface area contributed by atoms with Gasteiger partial charge in [-0.15, -0.1) is 0 Å². The summed E-state index contributed by atoms with van der Waals surface area (Å²) in [5.74, 6) is 0.695. The highest BCUT2D eigenvalue weighted by Gasteiger charge is 2.05. The average molecular weight is 255 g/mol. The SMILES string of the molecule is CCc1ccc(Cc2ccc(OC)cc2C=O)nc1. The number of aldehydes is 1. The zero-order valence-corrected chi connectivity index (χ0v) is 11.2. The molecule has 0 amide bonds. The molecule has 0 aliphatic heterocycles. The summed E-state index contributed by atoms with van der Waals surface area (Å²) >= 11 is 0. The van der Waals surface area contributed by atoms with E-state index in [0.29, 0.717) is 17.7 Å². The predicted molar refractivity (Wildman–Crippen MR) is 74.8 cm³/mol. The van der Waals surface area contributed by atoms with Crippen molar-refractivity contribution < 1.29 is 9.53 Å². The Hall–Kier alpha value is -2.16. The molecule has 3 nitrogen and oxygen atoms in total. The predicted octanol–water partition coefficient (Wildman–Crippen LogP) is 3.06. The Bertz CT molecular complexity index is 561. The van der Waals surface area contributed by atoms with E-state index in [1.165, 1.54) is 5.56 Å². The minimum atomic E-state index is 0.653. The maximum atomic E-state index is 11.1. The molecule has 0 N–H and O–H groups in total. The third-order valence-corrected chi connectivity index (χ3v) is 3.15. The van der Waals surface area contributed by atoms with E-state index in [4.69, 9.17) is 4.74 Å². The fourth-order valence-electron chi connectivity index (χ4n) is 1.93. The van der Waals surface area contributed by atoms with E-state index in [2.05, 4.69) is 18.0 Å². The van der Waals surface area contributed by atoms with Crippen molar-refractivity contribution in [2.75, 3.05) is 7.11 Å². The minimum Gasteiger partial charge on any atom is -0.497 e. The number of carbonyl (C=O) groups is 1. The zero-order valence-electron chi connectivity index (χ0n) is 11.2. The van der Waals surface area contributed by atoms with Crippen molar-refractivity contribution in [1.82, 2.24) is 4.98 Å². The van der Waals surface area contributed by atoms with Crippen LogP contribution in [0, 0.1) is 0 Å². The molecule has 98 valence electrons. The van der Waals surface area contributed by atoms with E-state index < -0.39 is 0 Å². The second kappa shape index (κ2) is 6.14. The lowest BCUT2D eigenvalue weighted by Gasteiger charge is -2.07. The molecule has 0 unspecified atom stereocenters. The number of benzene rings is 1. The third kappa shape index (κ3) is 3.19. The first-order chi connectivity index (χ1) is 9.26. The van der Waals surface area contributed by atoms with Gasteiger partial charge in [0, 0.05) is 23.9 Å². The van der Waals surface area contributed by atoms with Crippen LogP contribution in [-0.4, -0.2) is 18.4 Å². The van der Waals surface area contributed by atoms with Crippen molar-refractivity contribution in [3.63, 3.8) is 0 Å². The van der Waals surface area contributed by atoms with Crippen LogP contribution < -0.4 is 4.74 Å². The summed E-state index contributed by atoms with van der Waals surface area (Å²) in [5, 5.41) is 0. The fraction of sp³-hybridized carbons (Fsp3) is 0.250. The van der Waals surface area contributed by atoms with Gasteiger partial charge < -0.3 is 4.74 Å². The van der Waals surface area contributed by atoms with Crippen LogP contribution in [0.15, 0.2) is 36.5 Å². The van der Waals surface area contributed by atoms with Crippen LogP contribution >= 0.6 is 0 Å². The van der Waals surface area contributed by atoms with E-state index in [9.17, 15) is 4.79 Å². The number of pyridine rings is 1. The Labute approximate surface area is 113 Å². The molecule has 0 radical (unpaired) electrons. The van der Waals surface area contributed by atoms with E-state index in [-0.39, 0.29) is 0 Å². The van der Waals surface area contributed by atoms with Gasteiger partial charge in [0.05, 0.1) is 7.11 Å². The van der Waals surface area contributed by atoms with Gasteiger partial charge in [-0.3, -0.25) is 9.78 Å². The second-order valence-electron chi connectivity index (χ2n) is 4.37. The standard InChI is InChI=1S/C16H17NO2/c1-3-12-4-6-15(17-10-12)8-13-5-7-16(19-2)9-14(13)11-18/h4-7,9-11H,3,8H2,1-2H3. The van der Waals surface area contributed by atoms with Crippen molar-refractivity contribution in [2.24, 2.45) is 0 Å². The summed E-state index contributed by atoms with van der Waals surface area (Å²) in [7, 11) is 1.59. The van der Waals surface area contributed by atoms with Gasteiger partial charge in [-0.05, 0) is 35.7 Å². The lowest BCUT2D eigenvalue weighted by atomic mass is 10.0. The summed E-state index contributed by atoms with van der Waals surface area (Å²) in [6.45, 7) is 2.10. The van der Waals surface area contributed by atoms with Crippen molar-refractivity contribution in [1.29, 1.82) is 0 Å². The van der Waals surface area contributed by atoms with Gasteiger partial charge in [-0.1, -0.05) is 19.1 Å². The van der Waals surface area contributed by atoms with Crippen LogP contribution in [-0.2, 0) is 12.8 Å². The quantitative estimate of drug-likeness (QED) is 0.771.